The average molecular weight is 433 g/mol. The van der Waals surface area contributed by atoms with Crippen LogP contribution >= 0.6 is 0 Å². The smallest absolute Gasteiger partial charge is 0.387 e. The average Bonchev–Trinajstić information content (AvgIpc) is 3.16. The van der Waals surface area contributed by atoms with E-state index in [1.807, 2.05) is 0 Å². The summed E-state index contributed by atoms with van der Waals surface area (Å²) in [5, 5.41) is 7.73. The molecule has 7 nitrogen and oxygen atoms in total. The summed E-state index contributed by atoms with van der Waals surface area (Å²) in [6.45, 7) is -3.05. The maximum absolute atomic E-state index is 13.1. The fraction of sp³-hybridized carbons (Fsp3) is 0.130. The molecule has 160 valence electrons. The number of alkyl halides is 2. The van der Waals surface area contributed by atoms with Crippen LogP contribution in [0.1, 0.15) is 21.6 Å². The molecular weight excluding hydrogens is 416 g/mol. The zero-order chi connectivity index (χ0) is 22.7. The maximum Gasteiger partial charge on any atom is 0.387 e. The van der Waals surface area contributed by atoms with Crippen LogP contribution < -0.4 is 9.64 Å². The number of hydrogen-bond donors (Lipinski definition) is 0. The van der Waals surface area contributed by atoms with E-state index in [-0.39, 0.29) is 17.0 Å². The molecule has 32 heavy (non-hydrogen) atoms. The molecule has 0 N–H and O–H groups in total. The SMILES string of the molecule is CN(C)c1nc2ccc(C#Cc3cccnn3)cc2n1-c1c(C=O)cccc1OC(F)F. The van der Waals surface area contributed by atoms with Crippen molar-refractivity contribution in [3.05, 3.63) is 71.5 Å². The number of anilines is 1. The molecule has 0 saturated heterocycles. The molecule has 2 aromatic heterocycles. The Kier molecular flexibility index (Phi) is 5.77. The number of carbonyl (C=O) groups excluding carboxylic acids is 1. The third-order valence-corrected chi connectivity index (χ3v) is 4.54. The van der Waals surface area contributed by atoms with Crippen LogP contribution in [-0.4, -0.2) is 46.7 Å². The molecule has 4 aromatic rings. The zero-order valence-corrected chi connectivity index (χ0v) is 17.2. The Labute approximate surface area is 182 Å². The van der Waals surface area contributed by atoms with Crippen LogP contribution in [0, 0.1) is 11.8 Å². The van der Waals surface area contributed by atoms with E-state index in [2.05, 4.69) is 27.0 Å². The van der Waals surface area contributed by atoms with Crippen LogP contribution in [0.25, 0.3) is 16.7 Å². The van der Waals surface area contributed by atoms with Crippen LogP contribution in [0.15, 0.2) is 54.7 Å². The number of hydrogen-bond acceptors (Lipinski definition) is 6. The minimum absolute atomic E-state index is 0.136. The highest BCUT2D eigenvalue weighted by Crippen LogP contribution is 2.35. The van der Waals surface area contributed by atoms with Crippen molar-refractivity contribution >= 4 is 23.3 Å². The van der Waals surface area contributed by atoms with Gasteiger partial charge in [0.15, 0.2) is 12.0 Å². The zero-order valence-electron chi connectivity index (χ0n) is 17.2. The number of nitrogens with zero attached hydrogens (tertiary/aromatic N) is 5. The molecule has 0 amide bonds. The highest BCUT2D eigenvalue weighted by molar-refractivity contribution is 5.89. The first-order chi connectivity index (χ1) is 15.5. The summed E-state index contributed by atoms with van der Waals surface area (Å²) in [5.41, 5.74) is 2.69. The van der Waals surface area contributed by atoms with E-state index in [4.69, 9.17) is 4.74 Å². The fourth-order valence-electron chi connectivity index (χ4n) is 3.23. The first-order valence-corrected chi connectivity index (χ1v) is 9.51. The van der Waals surface area contributed by atoms with Crippen LogP contribution in [-0.2, 0) is 0 Å². The summed E-state index contributed by atoms with van der Waals surface area (Å²) in [6.07, 6.45) is 2.15. The summed E-state index contributed by atoms with van der Waals surface area (Å²) in [7, 11) is 3.54. The molecule has 0 fully saturated rings. The molecule has 0 unspecified atom stereocenters. The van der Waals surface area contributed by atoms with Gasteiger partial charge in [-0.25, -0.2) is 4.98 Å². The normalized spacial score (nSPS) is 10.7. The predicted octanol–water partition coefficient (Wildman–Crippen LogP) is 3.70. The highest BCUT2D eigenvalue weighted by Gasteiger charge is 2.22. The van der Waals surface area contributed by atoms with E-state index in [1.165, 1.54) is 18.2 Å². The number of halogens is 2. The van der Waals surface area contributed by atoms with Crippen molar-refractivity contribution in [3.8, 4) is 23.3 Å². The number of aromatic nitrogens is 4. The van der Waals surface area contributed by atoms with Crippen molar-refractivity contribution in [2.24, 2.45) is 0 Å². The molecule has 0 saturated carbocycles. The van der Waals surface area contributed by atoms with Crippen molar-refractivity contribution < 1.29 is 18.3 Å². The van der Waals surface area contributed by atoms with Gasteiger partial charge in [0.2, 0.25) is 5.95 Å². The number of para-hydroxylation sites is 1. The van der Waals surface area contributed by atoms with Crippen molar-refractivity contribution in [1.29, 1.82) is 0 Å². The number of ether oxygens (including phenoxy) is 1. The van der Waals surface area contributed by atoms with Gasteiger partial charge in [-0.15, -0.1) is 5.10 Å². The standard InChI is InChI=1S/C23H17F2N5O2/c1-29(2)23-27-18-11-9-15(8-10-17-6-4-12-26-28-17)13-19(18)30(23)21-16(14-31)5-3-7-20(21)32-22(24)25/h3-7,9,11-14,22H,1-2H3. The van der Waals surface area contributed by atoms with Gasteiger partial charge in [-0.05, 0) is 48.4 Å². The number of imidazole rings is 1. The largest absolute Gasteiger partial charge is 0.433 e. The third-order valence-electron chi connectivity index (χ3n) is 4.54. The second-order valence-corrected chi connectivity index (χ2v) is 6.89. The van der Waals surface area contributed by atoms with Gasteiger partial charge >= 0.3 is 6.61 Å². The Balaban J connectivity index is 1.96. The lowest BCUT2D eigenvalue weighted by Gasteiger charge is -2.19. The first-order valence-electron chi connectivity index (χ1n) is 9.51. The van der Waals surface area contributed by atoms with Gasteiger partial charge in [0.05, 0.1) is 11.0 Å². The summed E-state index contributed by atoms with van der Waals surface area (Å²) >= 11 is 0. The summed E-state index contributed by atoms with van der Waals surface area (Å²) in [5.74, 6) is 6.25. The molecule has 0 atom stereocenters. The Morgan fingerprint density at radius 1 is 1.12 bits per heavy atom. The monoisotopic (exact) mass is 433 g/mol. The Morgan fingerprint density at radius 2 is 1.97 bits per heavy atom. The molecule has 4 rings (SSSR count). The highest BCUT2D eigenvalue weighted by atomic mass is 19.3. The molecule has 0 spiro atoms. The lowest BCUT2D eigenvalue weighted by Crippen LogP contribution is -2.16. The van der Waals surface area contributed by atoms with Crippen molar-refractivity contribution in [1.82, 2.24) is 19.7 Å². The van der Waals surface area contributed by atoms with E-state index in [9.17, 15) is 13.6 Å². The summed E-state index contributed by atoms with van der Waals surface area (Å²) in [6, 6.07) is 13.2. The second kappa shape index (κ2) is 8.81. The van der Waals surface area contributed by atoms with E-state index in [1.54, 1.807) is 60.1 Å². The first kappa shape index (κ1) is 20.9. The second-order valence-electron chi connectivity index (χ2n) is 6.89. The molecule has 0 bridgehead atoms. The van der Waals surface area contributed by atoms with Crippen LogP contribution in [0.2, 0.25) is 0 Å². The summed E-state index contributed by atoms with van der Waals surface area (Å²) in [4.78, 5) is 18.1. The van der Waals surface area contributed by atoms with Crippen LogP contribution in [0.5, 0.6) is 5.75 Å². The Hall–Kier alpha value is -4.32. The topological polar surface area (TPSA) is 73.1 Å². The van der Waals surface area contributed by atoms with Crippen molar-refractivity contribution in [3.63, 3.8) is 0 Å². The Bertz CT molecular complexity index is 1340. The van der Waals surface area contributed by atoms with E-state index in [0.717, 1.165) is 0 Å². The van der Waals surface area contributed by atoms with Crippen LogP contribution in [0.4, 0.5) is 14.7 Å². The van der Waals surface area contributed by atoms with E-state index in [0.29, 0.717) is 34.5 Å². The van der Waals surface area contributed by atoms with Crippen molar-refractivity contribution in [2.75, 3.05) is 19.0 Å². The maximum atomic E-state index is 13.1. The van der Waals surface area contributed by atoms with Gasteiger partial charge in [0.1, 0.15) is 11.4 Å². The quantitative estimate of drug-likeness (QED) is 0.353. The van der Waals surface area contributed by atoms with Gasteiger partial charge in [-0.3, -0.25) is 9.36 Å². The number of fused-ring (bicyclic) bond motifs is 1. The molecule has 0 aliphatic carbocycles. The molecule has 2 heterocycles. The number of rotatable bonds is 5. The van der Waals surface area contributed by atoms with Crippen LogP contribution in [0.3, 0.4) is 0 Å². The van der Waals surface area contributed by atoms with Gasteiger partial charge in [0.25, 0.3) is 0 Å². The Morgan fingerprint density at radius 3 is 2.66 bits per heavy atom. The molecular formula is C23H17F2N5O2. The predicted molar refractivity (Wildman–Crippen MR) is 115 cm³/mol. The molecule has 0 radical (unpaired) electrons. The summed E-state index contributed by atoms with van der Waals surface area (Å²) < 4.78 is 32.5. The molecule has 9 heteroatoms. The van der Waals surface area contributed by atoms with Gasteiger partial charge < -0.3 is 9.64 Å². The van der Waals surface area contributed by atoms with Gasteiger partial charge in [-0.2, -0.15) is 13.9 Å². The number of benzene rings is 2. The fourth-order valence-corrected chi connectivity index (χ4v) is 3.23. The van der Waals surface area contributed by atoms with E-state index < -0.39 is 6.61 Å². The minimum atomic E-state index is -3.05. The van der Waals surface area contributed by atoms with E-state index >= 15 is 0 Å². The third kappa shape index (κ3) is 4.11. The molecule has 0 aliphatic heterocycles. The minimum Gasteiger partial charge on any atom is -0.433 e. The number of aldehydes is 1. The van der Waals surface area contributed by atoms with Gasteiger partial charge in [-0.1, -0.05) is 12.0 Å². The lowest BCUT2D eigenvalue weighted by atomic mass is 10.1. The number of carbonyl (C=O) groups is 1. The lowest BCUT2D eigenvalue weighted by molar-refractivity contribution is -0.0498. The van der Waals surface area contributed by atoms with Gasteiger partial charge in [0, 0.05) is 31.4 Å². The molecule has 2 aromatic carbocycles. The van der Waals surface area contributed by atoms with Crippen molar-refractivity contribution in [2.45, 2.75) is 6.61 Å². The molecule has 0 aliphatic rings.